The van der Waals surface area contributed by atoms with Crippen LogP contribution < -0.4 is 5.73 Å². The van der Waals surface area contributed by atoms with E-state index in [0.717, 1.165) is 12.8 Å². The first-order chi connectivity index (χ1) is 6.18. The topological polar surface area (TPSA) is 26.0 Å². The summed E-state index contributed by atoms with van der Waals surface area (Å²) in [5.74, 6) is 0. The summed E-state index contributed by atoms with van der Waals surface area (Å²) in [6.45, 7) is 6.49. The van der Waals surface area contributed by atoms with Crippen LogP contribution in [-0.2, 0) is 0 Å². The fourth-order valence-electron chi connectivity index (χ4n) is 1.64. The molecule has 1 nitrogen and oxygen atoms in total. The van der Waals surface area contributed by atoms with Crippen molar-refractivity contribution in [3.05, 3.63) is 12.2 Å². The van der Waals surface area contributed by atoms with E-state index in [4.69, 9.17) is 5.73 Å². The summed E-state index contributed by atoms with van der Waals surface area (Å²) in [4.78, 5) is 0. The van der Waals surface area contributed by atoms with Crippen LogP contribution in [0.4, 0.5) is 0 Å². The van der Waals surface area contributed by atoms with Gasteiger partial charge < -0.3 is 5.73 Å². The van der Waals surface area contributed by atoms with Crippen LogP contribution in [0.1, 0.15) is 59.3 Å². The van der Waals surface area contributed by atoms with Gasteiger partial charge in [-0.25, -0.2) is 0 Å². The SMILES string of the molecule is C/C=C/C(N)(CCCC)CCCC. The van der Waals surface area contributed by atoms with Crippen LogP contribution in [0.15, 0.2) is 12.2 Å². The summed E-state index contributed by atoms with van der Waals surface area (Å²) in [7, 11) is 0. The van der Waals surface area contributed by atoms with Gasteiger partial charge in [0.1, 0.15) is 0 Å². The van der Waals surface area contributed by atoms with Gasteiger partial charge in [0, 0.05) is 5.54 Å². The Bertz CT molecular complexity index is 130. The Morgan fingerprint density at radius 3 is 1.85 bits per heavy atom. The van der Waals surface area contributed by atoms with Gasteiger partial charge in [0.05, 0.1) is 0 Å². The van der Waals surface area contributed by atoms with Gasteiger partial charge in [0.15, 0.2) is 0 Å². The highest BCUT2D eigenvalue weighted by Gasteiger charge is 2.19. The molecule has 13 heavy (non-hydrogen) atoms. The summed E-state index contributed by atoms with van der Waals surface area (Å²) in [5.41, 5.74) is 6.27. The highest BCUT2D eigenvalue weighted by atomic mass is 14.7. The predicted molar refractivity (Wildman–Crippen MR) is 60.8 cm³/mol. The summed E-state index contributed by atoms with van der Waals surface area (Å²) < 4.78 is 0. The third-order valence-corrected chi connectivity index (χ3v) is 2.49. The standard InChI is InChI=1S/C12H25N/c1-4-7-10-12(13,9-6-3)11-8-5-2/h6,9H,4-5,7-8,10-11,13H2,1-3H3/b9-6+. The van der Waals surface area contributed by atoms with Gasteiger partial charge in [-0.05, 0) is 19.8 Å². The van der Waals surface area contributed by atoms with Gasteiger partial charge in [-0.15, -0.1) is 0 Å². The lowest BCUT2D eigenvalue weighted by Gasteiger charge is -2.25. The van der Waals surface area contributed by atoms with Crippen LogP contribution in [0, 0.1) is 0 Å². The molecule has 0 rings (SSSR count). The smallest absolute Gasteiger partial charge is 0.0339 e. The fourth-order valence-corrected chi connectivity index (χ4v) is 1.64. The van der Waals surface area contributed by atoms with Crippen LogP contribution in [-0.4, -0.2) is 5.54 Å². The zero-order valence-electron chi connectivity index (χ0n) is 9.47. The average molecular weight is 183 g/mol. The van der Waals surface area contributed by atoms with Crippen molar-refractivity contribution < 1.29 is 0 Å². The molecular formula is C12H25N. The number of hydrogen-bond acceptors (Lipinski definition) is 1. The summed E-state index contributed by atoms with van der Waals surface area (Å²) in [6, 6.07) is 0. The molecule has 0 aliphatic heterocycles. The highest BCUT2D eigenvalue weighted by Crippen LogP contribution is 2.20. The lowest BCUT2D eigenvalue weighted by atomic mass is 9.88. The molecule has 0 aromatic rings. The molecule has 0 aromatic heterocycles. The molecule has 0 atom stereocenters. The largest absolute Gasteiger partial charge is 0.322 e. The number of rotatable bonds is 7. The number of nitrogens with two attached hydrogens (primary N) is 1. The maximum atomic E-state index is 6.29. The zero-order chi connectivity index (χ0) is 10.2. The van der Waals surface area contributed by atoms with Gasteiger partial charge in [-0.2, -0.15) is 0 Å². The first-order valence-electron chi connectivity index (χ1n) is 5.61. The molecule has 0 saturated heterocycles. The van der Waals surface area contributed by atoms with E-state index >= 15 is 0 Å². The van der Waals surface area contributed by atoms with Crippen LogP contribution >= 0.6 is 0 Å². The van der Waals surface area contributed by atoms with Crippen LogP contribution in [0.3, 0.4) is 0 Å². The molecule has 0 aliphatic rings. The van der Waals surface area contributed by atoms with Crippen molar-refractivity contribution in [2.45, 2.75) is 64.8 Å². The molecule has 1 heteroatoms. The molecule has 0 aliphatic carbocycles. The van der Waals surface area contributed by atoms with Crippen LogP contribution in [0.2, 0.25) is 0 Å². The van der Waals surface area contributed by atoms with Crippen LogP contribution in [0.5, 0.6) is 0 Å². The Kier molecular flexibility index (Phi) is 6.97. The van der Waals surface area contributed by atoms with Crippen molar-refractivity contribution in [1.82, 2.24) is 0 Å². The second-order valence-corrected chi connectivity index (χ2v) is 3.94. The lowest BCUT2D eigenvalue weighted by Crippen LogP contribution is -2.37. The Morgan fingerprint density at radius 2 is 1.54 bits per heavy atom. The summed E-state index contributed by atoms with van der Waals surface area (Å²) in [5, 5.41) is 0. The molecular weight excluding hydrogens is 158 g/mol. The quantitative estimate of drug-likeness (QED) is 0.599. The van der Waals surface area contributed by atoms with Crippen LogP contribution in [0.25, 0.3) is 0 Å². The Labute approximate surface area is 83.4 Å². The third kappa shape index (κ3) is 5.87. The van der Waals surface area contributed by atoms with E-state index in [1.54, 1.807) is 0 Å². The molecule has 0 saturated carbocycles. The minimum Gasteiger partial charge on any atom is -0.322 e. The zero-order valence-corrected chi connectivity index (χ0v) is 9.47. The molecule has 0 heterocycles. The highest BCUT2D eigenvalue weighted by molar-refractivity contribution is 5.03. The molecule has 0 spiro atoms. The van der Waals surface area contributed by atoms with E-state index in [1.807, 2.05) is 0 Å². The summed E-state index contributed by atoms with van der Waals surface area (Å²) >= 11 is 0. The van der Waals surface area contributed by atoms with E-state index in [9.17, 15) is 0 Å². The molecule has 2 N–H and O–H groups in total. The predicted octanol–water partition coefficient (Wildman–Crippen LogP) is 3.64. The molecule has 0 unspecified atom stereocenters. The fraction of sp³-hybridized carbons (Fsp3) is 0.833. The van der Waals surface area contributed by atoms with Gasteiger partial charge in [-0.1, -0.05) is 51.7 Å². The van der Waals surface area contributed by atoms with Gasteiger partial charge in [0.25, 0.3) is 0 Å². The Morgan fingerprint density at radius 1 is 1.08 bits per heavy atom. The van der Waals surface area contributed by atoms with Gasteiger partial charge in [-0.3, -0.25) is 0 Å². The minimum absolute atomic E-state index is 0.0270. The minimum atomic E-state index is -0.0270. The van der Waals surface area contributed by atoms with Crippen molar-refractivity contribution in [2.24, 2.45) is 5.73 Å². The van der Waals surface area contributed by atoms with Crippen molar-refractivity contribution in [3.8, 4) is 0 Å². The van der Waals surface area contributed by atoms with Crippen molar-refractivity contribution >= 4 is 0 Å². The van der Waals surface area contributed by atoms with E-state index in [2.05, 4.69) is 32.9 Å². The Hall–Kier alpha value is -0.300. The summed E-state index contributed by atoms with van der Waals surface area (Å²) in [6.07, 6.45) is 11.5. The van der Waals surface area contributed by atoms with Gasteiger partial charge in [0.2, 0.25) is 0 Å². The Balaban J connectivity index is 3.99. The van der Waals surface area contributed by atoms with E-state index in [0.29, 0.717) is 0 Å². The van der Waals surface area contributed by atoms with E-state index in [1.165, 1.54) is 25.7 Å². The molecule has 78 valence electrons. The lowest BCUT2D eigenvalue weighted by molar-refractivity contribution is 0.419. The first kappa shape index (κ1) is 12.7. The molecule has 0 radical (unpaired) electrons. The van der Waals surface area contributed by atoms with Gasteiger partial charge >= 0.3 is 0 Å². The molecule has 0 bridgehead atoms. The van der Waals surface area contributed by atoms with Crippen molar-refractivity contribution in [1.29, 1.82) is 0 Å². The number of unbranched alkanes of at least 4 members (excludes halogenated alkanes) is 2. The average Bonchev–Trinajstić information content (AvgIpc) is 2.12. The monoisotopic (exact) mass is 183 g/mol. The second-order valence-electron chi connectivity index (χ2n) is 3.94. The second kappa shape index (κ2) is 7.14. The molecule has 0 aromatic carbocycles. The third-order valence-electron chi connectivity index (χ3n) is 2.49. The maximum Gasteiger partial charge on any atom is 0.0339 e. The van der Waals surface area contributed by atoms with Crippen molar-refractivity contribution in [2.75, 3.05) is 0 Å². The normalized spacial score (nSPS) is 12.6. The molecule has 0 fully saturated rings. The molecule has 0 amide bonds. The maximum absolute atomic E-state index is 6.29. The van der Waals surface area contributed by atoms with E-state index < -0.39 is 0 Å². The van der Waals surface area contributed by atoms with Crippen molar-refractivity contribution in [3.63, 3.8) is 0 Å². The number of hydrogen-bond donors (Lipinski definition) is 1. The number of allylic oxidation sites excluding steroid dienone is 1. The first-order valence-corrected chi connectivity index (χ1v) is 5.61. The van der Waals surface area contributed by atoms with E-state index in [-0.39, 0.29) is 5.54 Å².